The van der Waals surface area contributed by atoms with Crippen LogP contribution in [0.15, 0.2) is 30.3 Å². The molecule has 1 fully saturated rings. The lowest BCUT2D eigenvalue weighted by atomic mass is 10.1. The number of nitrogens with one attached hydrogen (secondary N) is 1. The fourth-order valence-corrected chi connectivity index (χ4v) is 3.28. The van der Waals surface area contributed by atoms with Crippen LogP contribution < -0.4 is 5.32 Å². The van der Waals surface area contributed by atoms with Crippen molar-refractivity contribution in [2.24, 2.45) is 0 Å². The Kier molecular flexibility index (Phi) is 5.52. The molecule has 0 spiro atoms. The zero-order valence-electron chi connectivity index (χ0n) is 15.8. The van der Waals surface area contributed by atoms with Crippen molar-refractivity contribution in [3.63, 3.8) is 0 Å². The number of aromatic nitrogens is 2. The van der Waals surface area contributed by atoms with Crippen LogP contribution in [-0.4, -0.2) is 46.1 Å². The van der Waals surface area contributed by atoms with Crippen molar-refractivity contribution in [1.82, 2.24) is 14.9 Å². The van der Waals surface area contributed by atoms with E-state index in [2.05, 4.69) is 15.3 Å². The van der Waals surface area contributed by atoms with Gasteiger partial charge in [0.25, 0.3) is 5.91 Å². The number of hydrogen-bond acceptors (Lipinski definition) is 5. The van der Waals surface area contributed by atoms with E-state index >= 15 is 0 Å². The summed E-state index contributed by atoms with van der Waals surface area (Å²) in [4.78, 5) is 23.3. The third-order valence-corrected chi connectivity index (χ3v) is 4.34. The quantitative estimate of drug-likeness (QED) is 0.914. The minimum atomic E-state index is 0.0594. The van der Waals surface area contributed by atoms with Crippen LogP contribution >= 0.6 is 0 Å². The molecule has 1 aliphatic heterocycles. The molecule has 1 amide bonds. The monoisotopic (exact) mass is 354 g/mol. The first-order valence-electron chi connectivity index (χ1n) is 9.00. The number of amides is 1. The second kappa shape index (κ2) is 7.83. The molecule has 2 heterocycles. The van der Waals surface area contributed by atoms with Gasteiger partial charge in [0.15, 0.2) is 0 Å². The summed E-state index contributed by atoms with van der Waals surface area (Å²) in [5, 5.41) is 3.23. The van der Waals surface area contributed by atoms with E-state index in [1.807, 2.05) is 62.9 Å². The van der Waals surface area contributed by atoms with E-state index in [-0.39, 0.29) is 18.1 Å². The highest BCUT2D eigenvalue weighted by atomic mass is 16.5. The van der Waals surface area contributed by atoms with E-state index in [1.165, 1.54) is 0 Å². The van der Waals surface area contributed by atoms with Gasteiger partial charge in [-0.1, -0.05) is 12.1 Å². The Bertz CT molecular complexity index is 746. The van der Waals surface area contributed by atoms with E-state index in [9.17, 15) is 4.79 Å². The molecule has 1 aromatic carbocycles. The van der Waals surface area contributed by atoms with Gasteiger partial charge in [0.2, 0.25) is 5.95 Å². The molecule has 0 saturated carbocycles. The Morgan fingerprint density at radius 2 is 1.69 bits per heavy atom. The van der Waals surface area contributed by atoms with Crippen molar-refractivity contribution in [2.75, 3.05) is 18.4 Å². The Labute approximate surface area is 154 Å². The van der Waals surface area contributed by atoms with Crippen molar-refractivity contribution in [3.8, 4) is 0 Å². The number of morpholine rings is 1. The first-order chi connectivity index (χ1) is 12.4. The van der Waals surface area contributed by atoms with E-state index in [1.54, 1.807) is 0 Å². The van der Waals surface area contributed by atoms with E-state index in [0.29, 0.717) is 31.1 Å². The lowest BCUT2D eigenvalue weighted by Gasteiger charge is -2.35. The lowest BCUT2D eigenvalue weighted by molar-refractivity contribution is -0.0586. The largest absolute Gasteiger partial charge is 0.372 e. The Balaban J connectivity index is 1.62. The highest BCUT2D eigenvalue weighted by Gasteiger charge is 2.26. The number of aryl methyl sites for hydroxylation is 2. The van der Waals surface area contributed by atoms with Crippen molar-refractivity contribution in [2.45, 2.75) is 46.4 Å². The number of hydrogen-bond donors (Lipinski definition) is 1. The summed E-state index contributed by atoms with van der Waals surface area (Å²) in [6.07, 6.45) is 0.146. The second-order valence-electron chi connectivity index (χ2n) is 6.99. The Morgan fingerprint density at radius 1 is 1.12 bits per heavy atom. The topological polar surface area (TPSA) is 67.4 Å². The zero-order chi connectivity index (χ0) is 18.7. The molecule has 1 aliphatic rings. The Hall–Kier alpha value is -2.47. The Morgan fingerprint density at radius 3 is 2.27 bits per heavy atom. The fraction of sp³-hybridized carbons (Fsp3) is 0.450. The van der Waals surface area contributed by atoms with Gasteiger partial charge in [-0.15, -0.1) is 0 Å². The summed E-state index contributed by atoms with van der Waals surface area (Å²) in [5.41, 5.74) is 3.66. The van der Waals surface area contributed by atoms with Crippen LogP contribution in [-0.2, 0) is 11.3 Å². The van der Waals surface area contributed by atoms with Gasteiger partial charge in [-0.25, -0.2) is 9.97 Å². The molecule has 1 aromatic heterocycles. The van der Waals surface area contributed by atoms with Crippen molar-refractivity contribution in [3.05, 3.63) is 52.8 Å². The second-order valence-corrected chi connectivity index (χ2v) is 6.99. The molecule has 138 valence electrons. The third kappa shape index (κ3) is 4.58. The van der Waals surface area contributed by atoms with E-state index in [0.717, 1.165) is 17.0 Å². The maximum absolute atomic E-state index is 12.7. The van der Waals surface area contributed by atoms with Gasteiger partial charge in [-0.3, -0.25) is 4.79 Å². The van der Waals surface area contributed by atoms with E-state index in [4.69, 9.17) is 4.74 Å². The smallest absolute Gasteiger partial charge is 0.254 e. The van der Waals surface area contributed by atoms with Gasteiger partial charge >= 0.3 is 0 Å². The standard InChI is InChI=1S/C20H26N4O2/c1-13-9-14(2)23-20(22-13)21-10-17-5-7-18(8-6-17)19(25)24-11-15(3)26-16(4)12-24/h5-9,15-16H,10-12H2,1-4H3,(H,21,22,23)/t15-,16-/m1/s1. The van der Waals surface area contributed by atoms with Crippen LogP contribution in [0.3, 0.4) is 0 Å². The maximum atomic E-state index is 12.7. The first-order valence-corrected chi connectivity index (χ1v) is 9.00. The highest BCUT2D eigenvalue weighted by molar-refractivity contribution is 5.94. The number of benzene rings is 1. The molecule has 0 radical (unpaired) electrons. The van der Waals surface area contributed by atoms with E-state index < -0.39 is 0 Å². The van der Waals surface area contributed by atoms with Gasteiger partial charge < -0.3 is 15.0 Å². The summed E-state index contributed by atoms with van der Waals surface area (Å²) in [5.74, 6) is 0.683. The minimum absolute atomic E-state index is 0.0594. The summed E-state index contributed by atoms with van der Waals surface area (Å²) >= 11 is 0. The predicted molar refractivity (Wildman–Crippen MR) is 101 cm³/mol. The highest BCUT2D eigenvalue weighted by Crippen LogP contribution is 2.15. The van der Waals surface area contributed by atoms with Crippen LogP contribution in [0.1, 0.15) is 41.2 Å². The molecule has 1 saturated heterocycles. The molecule has 2 atom stereocenters. The SMILES string of the molecule is Cc1cc(C)nc(NCc2ccc(C(=O)N3C[C@@H](C)O[C@H](C)C3)cc2)n1. The van der Waals surface area contributed by atoms with Gasteiger partial charge in [-0.2, -0.15) is 0 Å². The summed E-state index contributed by atoms with van der Waals surface area (Å²) < 4.78 is 5.70. The fourth-order valence-electron chi connectivity index (χ4n) is 3.28. The van der Waals surface area contributed by atoms with Crippen LogP contribution in [0.4, 0.5) is 5.95 Å². The number of nitrogens with zero attached hydrogens (tertiary/aromatic N) is 3. The van der Waals surface area contributed by atoms with Crippen LogP contribution in [0.5, 0.6) is 0 Å². The van der Waals surface area contributed by atoms with Gasteiger partial charge in [0.05, 0.1) is 12.2 Å². The van der Waals surface area contributed by atoms with Gasteiger partial charge in [-0.05, 0) is 51.5 Å². The molecule has 0 bridgehead atoms. The number of anilines is 1. The van der Waals surface area contributed by atoms with Gasteiger partial charge in [0, 0.05) is 36.6 Å². The molecule has 0 unspecified atom stereocenters. The lowest BCUT2D eigenvalue weighted by Crippen LogP contribution is -2.48. The number of carbonyl (C=O) groups excluding carboxylic acids is 1. The average Bonchev–Trinajstić information content (AvgIpc) is 2.58. The molecule has 0 aliphatic carbocycles. The van der Waals surface area contributed by atoms with Crippen molar-refractivity contribution in [1.29, 1.82) is 0 Å². The number of rotatable bonds is 4. The average molecular weight is 354 g/mol. The molecule has 6 nitrogen and oxygen atoms in total. The molecular weight excluding hydrogens is 328 g/mol. The zero-order valence-corrected chi connectivity index (χ0v) is 15.8. The predicted octanol–water partition coefficient (Wildman–Crippen LogP) is 2.95. The summed E-state index contributed by atoms with van der Waals surface area (Å²) in [6, 6.07) is 9.64. The molecule has 1 N–H and O–H groups in total. The molecule has 26 heavy (non-hydrogen) atoms. The van der Waals surface area contributed by atoms with Gasteiger partial charge in [0.1, 0.15) is 0 Å². The molecule has 3 rings (SSSR count). The van der Waals surface area contributed by atoms with Crippen LogP contribution in [0.25, 0.3) is 0 Å². The number of ether oxygens (including phenoxy) is 1. The van der Waals surface area contributed by atoms with Crippen molar-refractivity contribution >= 4 is 11.9 Å². The summed E-state index contributed by atoms with van der Waals surface area (Å²) in [6.45, 7) is 9.79. The maximum Gasteiger partial charge on any atom is 0.254 e. The summed E-state index contributed by atoms with van der Waals surface area (Å²) in [7, 11) is 0. The first kappa shape index (κ1) is 18.3. The molecule has 2 aromatic rings. The molecular formula is C20H26N4O2. The third-order valence-electron chi connectivity index (χ3n) is 4.34. The number of carbonyl (C=O) groups is 1. The minimum Gasteiger partial charge on any atom is -0.372 e. The van der Waals surface area contributed by atoms with Crippen LogP contribution in [0.2, 0.25) is 0 Å². The van der Waals surface area contributed by atoms with Crippen LogP contribution in [0, 0.1) is 13.8 Å². The van der Waals surface area contributed by atoms with Crippen molar-refractivity contribution < 1.29 is 9.53 Å². The molecule has 6 heteroatoms. The normalized spacial score (nSPS) is 20.1.